The highest BCUT2D eigenvalue weighted by Gasteiger charge is 2.16. The predicted octanol–water partition coefficient (Wildman–Crippen LogP) is 3.91. The highest BCUT2D eigenvalue weighted by atomic mass is 16.6. The molecule has 5 rings (SSSR count). The van der Waals surface area contributed by atoms with Crippen LogP contribution in [-0.2, 0) is 6.42 Å². The van der Waals surface area contributed by atoms with Gasteiger partial charge >= 0.3 is 6.01 Å². The monoisotopic (exact) mass is 441 g/mol. The number of aromatic nitrogens is 2. The van der Waals surface area contributed by atoms with E-state index in [4.69, 9.17) is 13.9 Å². The molecule has 0 spiro atoms. The molecule has 0 saturated carbocycles. The van der Waals surface area contributed by atoms with Crippen molar-refractivity contribution in [3.05, 3.63) is 101 Å². The maximum absolute atomic E-state index is 12.5. The highest BCUT2D eigenvalue weighted by molar-refractivity contribution is 6.10. The van der Waals surface area contributed by atoms with Crippen LogP contribution in [0.5, 0.6) is 11.5 Å². The smallest absolute Gasteiger partial charge is 0.322 e. The topological polar surface area (TPSA) is 104 Å². The lowest BCUT2D eigenvalue weighted by Gasteiger charge is -2.18. The summed E-state index contributed by atoms with van der Waals surface area (Å²) < 4.78 is 16.7. The number of ketones is 1. The predicted molar refractivity (Wildman–Crippen MR) is 119 cm³/mol. The summed E-state index contributed by atoms with van der Waals surface area (Å²) in [7, 11) is 0. The fourth-order valence-corrected chi connectivity index (χ4v) is 3.45. The van der Waals surface area contributed by atoms with Crippen LogP contribution in [0.15, 0.2) is 77.2 Å². The van der Waals surface area contributed by atoms with Crippen LogP contribution in [-0.4, -0.2) is 35.1 Å². The third-order valence-electron chi connectivity index (χ3n) is 5.09. The maximum atomic E-state index is 12.5. The third-order valence-corrected chi connectivity index (χ3v) is 5.09. The lowest BCUT2D eigenvalue weighted by Crippen LogP contribution is -2.15. The summed E-state index contributed by atoms with van der Waals surface area (Å²) in [6.07, 6.45) is 0.385. The van der Waals surface area contributed by atoms with E-state index in [1.165, 1.54) is 0 Å². The van der Waals surface area contributed by atoms with Crippen LogP contribution in [0.3, 0.4) is 0 Å². The van der Waals surface area contributed by atoms with Crippen molar-refractivity contribution in [3.8, 4) is 11.5 Å². The fourth-order valence-electron chi connectivity index (χ4n) is 3.45. The molecule has 0 radical (unpaired) electrons. The van der Waals surface area contributed by atoms with Crippen LogP contribution in [0.4, 0.5) is 6.01 Å². The second-order valence-electron chi connectivity index (χ2n) is 7.38. The van der Waals surface area contributed by atoms with E-state index < -0.39 is 5.91 Å². The SMILES string of the molecule is O=C(Nc1nnc(Cc2ccc3c(c2)OCCO3)o1)c1ccc(C(=O)c2ccccc2)cc1. The Morgan fingerprint density at radius 2 is 1.48 bits per heavy atom. The molecule has 0 aliphatic carbocycles. The third kappa shape index (κ3) is 4.59. The minimum Gasteiger partial charge on any atom is -0.486 e. The molecule has 0 fully saturated rings. The van der Waals surface area contributed by atoms with Gasteiger partial charge in [-0.25, -0.2) is 0 Å². The molecule has 0 saturated heterocycles. The van der Waals surface area contributed by atoms with Gasteiger partial charge in [0.1, 0.15) is 13.2 Å². The molecule has 0 unspecified atom stereocenters. The van der Waals surface area contributed by atoms with Crippen LogP contribution in [0.1, 0.15) is 37.7 Å². The first kappa shape index (κ1) is 20.4. The molecule has 1 N–H and O–H groups in total. The van der Waals surface area contributed by atoms with Crippen LogP contribution in [0.25, 0.3) is 0 Å². The lowest BCUT2D eigenvalue weighted by molar-refractivity contribution is 0.101. The van der Waals surface area contributed by atoms with E-state index in [1.54, 1.807) is 36.4 Å². The number of nitrogens with zero attached hydrogens (tertiary/aromatic N) is 2. The molecule has 3 aromatic carbocycles. The van der Waals surface area contributed by atoms with Gasteiger partial charge < -0.3 is 13.9 Å². The Kier molecular flexibility index (Phi) is 5.55. The molecule has 0 atom stereocenters. The van der Waals surface area contributed by atoms with E-state index in [2.05, 4.69) is 15.5 Å². The molecule has 8 nitrogen and oxygen atoms in total. The first-order valence-electron chi connectivity index (χ1n) is 10.4. The Balaban J connectivity index is 1.22. The zero-order valence-electron chi connectivity index (χ0n) is 17.5. The molecular weight excluding hydrogens is 422 g/mol. The van der Waals surface area contributed by atoms with E-state index >= 15 is 0 Å². The number of carbonyl (C=O) groups is 2. The number of benzene rings is 3. The molecule has 1 aliphatic heterocycles. The van der Waals surface area contributed by atoms with E-state index in [-0.39, 0.29) is 11.8 Å². The van der Waals surface area contributed by atoms with E-state index in [0.29, 0.717) is 53.7 Å². The van der Waals surface area contributed by atoms with Gasteiger partial charge in [0.05, 0.1) is 6.42 Å². The average molecular weight is 441 g/mol. The van der Waals surface area contributed by atoms with Crippen LogP contribution in [0.2, 0.25) is 0 Å². The van der Waals surface area contributed by atoms with Gasteiger partial charge in [0, 0.05) is 16.7 Å². The number of ether oxygens (including phenoxy) is 2. The number of amides is 1. The Bertz CT molecular complexity index is 1300. The summed E-state index contributed by atoms with van der Waals surface area (Å²) in [6, 6.07) is 21.0. The van der Waals surface area contributed by atoms with Crippen molar-refractivity contribution >= 4 is 17.7 Å². The number of nitrogens with one attached hydrogen (secondary N) is 1. The van der Waals surface area contributed by atoms with Crippen LogP contribution >= 0.6 is 0 Å². The first-order valence-corrected chi connectivity index (χ1v) is 10.4. The number of carbonyl (C=O) groups excluding carboxylic acids is 2. The van der Waals surface area contributed by atoms with Gasteiger partial charge in [0.15, 0.2) is 17.3 Å². The van der Waals surface area contributed by atoms with E-state index in [0.717, 1.165) is 5.56 Å². The molecule has 164 valence electrons. The standard InChI is InChI=1S/C25H19N3O5/c29-23(17-4-2-1-3-5-17)18-7-9-19(10-8-18)24(30)26-25-28-27-22(33-25)15-16-6-11-20-21(14-16)32-13-12-31-20/h1-11,14H,12-13,15H2,(H,26,28,30). The molecule has 2 heterocycles. The van der Waals surface area contributed by atoms with Gasteiger partial charge in [0.25, 0.3) is 5.91 Å². The van der Waals surface area contributed by atoms with Gasteiger partial charge in [-0.3, -0.25) is 14.9 Å². The van der Waals surface area contributed by atoms with Crippen molar-refractivity contribution in [2.45, 2.75) is 6.42 Å². The minimum absolute atomic E-state index is 0.00279. The van der Waals surface area contributed by atoms with Crippen molar-refractivity contribution in [1.82, 2.24) is 10.2 Å². The van der Waals surface area contributed by atoms with Gasteiger partial charge in [-0.2, -0.15) is 0 Å². The maximum Gasteiger partial charge on any atom is 0.322 e. The largest absolute Gasteiger partial charge is 0.486 e. The van der Waals surface area contributed by atoms with Gasteiger partial charge in [0.2, 0.25) is 5.89 Å². The molecule has 1 amide bonds. The summed E-state index contributed by atoms with van der Waals surface area (Å²) in [5.74, 6) is 1.22. The van der Waals surface area contributed by atoms with Gasteiger partial charge in [-0.1, -0.05) is 53.6 Å². The zero-order valence-corrected chi connectivity index (χ0v) is 17.5. The Labute approximate surface area is 189 Å². The van der Waals surface area contributed by atoms with Crippen molar-refractivity contribution < 1.29 is 23.5 Å². The van der Waals surface area contributed by atoms with Gasteiger partial charge in [-0.15, -0.1) is 5.10 Å². The molecular formula is C25H19N3O5. The lowest BCUT2D eigenvalue weighted by atomic mass is 10.0. The molecule has 0 bridgehead atoms. The summed E-state index contributed by atoms with van der Waals surface area (Å²) >= 11 is 0. The Morgan fingerprint density at radius 1 is 0.788 bits per heavy atom. The van der Waals surface area contributed by atoms with Crippen molar-refractivity contribution in [2.75, 3.05) is 18.5 Å². The highest BCUT2D eigenvalue weighted by Crippen LogP contribution is 2.31. The second-order valence-corrected chi connectivity index (χ2v) is 7.38. The number of fused-ring (bicyclic) bond motifs is 1. The van der Waals surface area contributed by atoms with Crippen molar-refractivity contribution in [1.29, 1.82) is 0 Å². The number of hydrogen-bond acceptors (Lipinski definition) is 7. The summed E-state index contributed by atoms with van der Waals surface area (Å²) in [6.45, 7) is 1.04. The molecule has 1 aromatic heterocycles. The quantitative estimate of drug-likeness (QED) is 0.452. The normalized spacial score (nSPS) is 12.2. The second kappa shape index (κ2) is 8.96. The first-order chi connectivity index (χ1) is 16.2. The molecule has 8 heteroatoms. The Morgan fingerprint density at radius 3 is 2.27 bits per heavy atom. The van der Waals surface area contributed by atoms with Crippen molar-refractivity contribution in [3.63, 3.8) is 0 Å². The van der Waals surface area contributed by atoms with Crippen LogP contribution in [0, 0.1) is 0 Å². The fraction of sp³-hybridized carbons (Fsp3) is 0.120. The number of anilines is 1. The van der Waals surface area contributed by atoms with Gasteiger partial charge in [-0.05, 0) is 29.8 Å². The van der Waals surface area contributed by atoms with Crippen LogP contribution < -0.4 is 14.8 Å². The summed E-state index contributed by atoms with van der Waals surface area (Å²) in [5.41, 5.74) is 2.37. The van der Waals surface area contributed by atoms with Crippen molar-refractivity contribution in [2.24, 2.45) is 0 Å². The summed E-state index contributed by atoms with van der Waals surface area (Å²) in [5, 5.41) is 10.5. The average Bonchev–Trinajstić information content (AvgIpc) is 3.30. The minimum atomic E-state index is -0.414. The number of hydrogen-bond donors (Lipinski definition) is 1. The Hall–Kier alpha value is -4.46. The number of rotatable bonds is 6. The molecule has 4 aromatic rings. The summed E-state index contributed by atoms with van der Waals surface area (Å²) in [4.78, 5) is 25.0. The zero-order chi connectivity index (χ0) is 22.6. The molecule has 1 aliphatic rings. The molecule has 33 heavy (non-hydrogen) atoms. The van der Waals surface area contributed by atoms with E-state index in [9.17, 15) is 9.59 Å². The van der Waals surface area contributed by atoms with E-state index in [1.807, 2.05) is 36.4 Å².